The van der Waals surface area contributed by atoms with Gasteiger partial charge in [0.25, 0.3) is 0 Å². The van der Waals surface area contributed by atoms with Crippen LogP contribution in [-0.4, -0.2) is 54.0 Å². The average Bonchev–Trinajstić information content (AvgIpc) is 2.55. The van der Waals surface area contributed by atoms with Crippen LogP contribution in [0.25, 0.3) is 0 Å². The first-order valence-corrected chi connectivity index (χ1v) is 8.35. The van der Waals surface area contributed by atoms with E-state index in [0.717, 1.165) is 5.56 Å². The van der Waals surface area contributed by atoms with E-state index in [-0.39, 0.29) is 19.8 Å². The van der Waals surface area contributed by atoms with Gasteiger partial charge in [0.05, 0.1) is 6.61 Å². The quantitative estimate of drug-likeness (QED) is 0.702. The van der Waals surface area contributed by atoms with Gasteiger partial charge in [0.1, 0.15) is 12.2 Å². The van der Waals surface area contributed by atoms with Crippen molar-refractivity contribution in [3.05, 3.63) is 35.9 Å². The maximum absolute atomic E-state index is 12.0. The molecule has 0 atom stereocenters. The Morgan fingerprint density at radius 3 is 2.44 bits per heavy atom. The van der Waals surface area contributed by atoms with Gasteiger partial charge in [-0.2, -0.15) is 0 Å². The minimum atomic E-state index is -0.593. The van der Waals surface area contributed by atoms with Crippen LogP contribution in [0, 0.1) is 0 Å². The highest BCUT2D eigenvalue weighted by atomic mass is 16.6. The first kappa shape index (κ1) is 20.8. The Hall–Kier alpha value is -2.28. The number of carbonyl (C=O) groups excluding carboxylic acids is 2. The lowest BCUT2D eigenvalue weighted by atomic mass is 10.2. The summed E-state index contributed by atoms with van der Waals surface area (Å²) in [6.07, 6.45) is -0.456. The van der Waals surface area contributed by atoms with Crippen molar-refractivity contribution in [2.45, 2.75) is 39.4 Å². The Morgan fingerprint density at radius 2 is 1.84 bits per heavy atom. The second-order valence-corrected chi connectivity index (χ2v) is 6.53. The highest BCUT2D eigenvalue weighted by Gasteiger charge is 2.21. The molecule has 0 unspecified atom stereocenters. The molecule has 0 aliphatic carbocycles. The fraction of sp³-hybridized carbons (Fsp3) is 0.556. The monoisotopic (exact) mass is 352 g/mol. The van der Waals surface area contributed by atoms with Crippen molar-refractivity contribution in [2.24, 2.45) is 0 Å². The zero-order chi connectivity index (χ0) is 18.7. The molecular formula is C18H28N2O5. The number of nitrogens with one attached hydrogen (secondary N) is 1. The minimum Gasteiger partial charge on any atom is -0.445 e. The predicted octanol–water partition coefficient (Wildman–Crippen LogP) is 2.53. The van der Waals surface area contributed by atoms with Gasteiger partial charge < -0.3 is 24.8 Å². The zero-order valence-electron chi connectivity index (χ0n) is 15.2. The lowest BCUT2D eigenvalue weighted by molar-refractivity contribution is 0.0217. The van der Waals surface area contributed by atoms with E-state index in [9.17, 15) is 9.59 Å². The van der Waals surface area contributed by atoms with Gasteiger partial charge in [0, 0.05) is 19.6 Å². The summed E-state index contributed by atoms with van der Waals surface area (Å²) in [6.45, 7) is 6.33. The summed E-state index contributed by atoms with van der Waals surface area (Å²) in [5.74, 6) is 0. The molecule has 2 N–H and O–H groups in total. The lowest BCUT2D eigenvalue weighted by Crippen LogP contribution is -2.40. The molecule has 1 aromatic rings. The van der Waals surface area contributed by atoms with Crippen molar-refractivity contribution >= 4 is 12.2 Å². The minimum absolute atomic E-state index is 0.147. The van der Waals surface area contributed by atoms with Gasteiger partial charge in [-0.15, -0.1) is 0 Å². The number of aliphatic hydroxyl groups excluding tert-OH is 1. The van der Waals surface area contributed by atoms with Gasteiger partial charge in [-0.05, 0) is 32.8 Å². The second kappa shape index (κ2) is 10.6. The zero-order valence-corrected chi connectivity index (χ0v) is 15.2. The smallest absolute Gasteiger partial charge is 0.410 e. The maximum Gasteiger partial charge on any atom is 0.410 e. The van der Waals surface area contributed by atoms with E-state index in [1.165, 1.54) is 4.90 Å². The number of hydrogen-bond acceptors (Lipinski definition) is 5. The molecule has 0 aromatic heterocycles. The van der Waals surface area contributed by atoms with E-state index in [1.807, 2.05) is 30.3 Å². The van der Waals surface area contributed by atoms with Gasteiger partial charge in [-0.1, -0.05) is 30.3 Å². The number of alkyl carbamates (subject to hydrolysis) is 1. The molecule has 2 amide bonds. The van der Waals surface area contributed by atoms with Gasteiger partial charge in [0.15, 0.2) is 0 Å². The van der Waals surface area contributed by atoms with Crippen LogP contribution in [0.5, 0.6) is 0 Å². The molecule has 140 valence electrons. The molecule has 0 aliphatic rings. The molecule has 0 radical (unpaired) electrons. The molecular weight excluding hydrogens is 324 g/mol. The second-order valence-electron chi connectivity index (χ2n) is 6.53. The Bertz CT molecular complexity index is 528. The number of hydrogen-bond donors (Lipinski definition) is 2. The van der Waals surface area contributed by atoms with Crippen LogP contribution >= 0.6 is 0 Å². The maximum atomic E-state index is 12.0. The molecule has 0 spiro atoms. The molecule has 0 aliphatic heterocycles. The summed E-state index contributed by atoms with van der Waals surface area (Å²) < 4.78 is 10.4. The van der Waals surface area contributed by atoms with Crippen molar-refractivity contribution in [1.29, 1.82) is 0 Å². The standard InChI is InChI=1S/C18H28N2O5/c1-18(2,3)25-17(23)20(12-13-21)11-7-10-19-16(22)24-14-15-8-5-4-6-9-15/h4-6,8-9,21H,7,10-14H2,1-3H3,(H,19,22). The first-order valence-electron chi connectivity index (χ1n) is 8.35. The highest BCUT2D eigenvalue weighted by molar-refractivity contribution is 5.68. The van der Waals surface area contributed by atoms with Crippen molar-refractivity contribution in [3.8, 4) is 0 Å². The van der Waals surface area contributed by atoms with Crippen LogP contribution in [0.4, 0.5) is 9.59 Å². The molecule has 0 saturated carbocycles. The highest BCUT2D eigenvalue weighted by Crippen LogP contribution is 2.10. The molecule has 1 rings (SSSR count). The Morgan fingerprint density at radius 1 is 1.16 bits per heavy atom. The Balaban J connectivity index is 2.26. The topological polar surface area (TPSA) is 88.1 Å². The van der Waals surface area contributed by atoms with Crippen LogP contribution in [0.2, 0.25) is 0 Å². The number of nitrogens with zero attached hydrogens (tertiary/aromatic N) is 1. The van der Waals surface area contributed by atoms with E-state index in [4.69, 9.17) is 14.6 Å². The molecule has 0 bridgehead atoms. The molecule has 0 heterocycles. The van der Waals surface area contributed by atoms with Crippen molar-refractivity contribution in [3.63, 3.8) is 0 Å². The van der Waals surface area contributed by atoms with Gasteiger partial charge >= 0.3 is 12.2 Å². The fourth-order valence-electron chi connectivity index (χ4n) is 1.98. The number of ether oxygens (including phenoxy) is 2. The van der Waals surface area contributed by atoms with Crippen LogP contribution in [-0.2, 0) is 16.1 Å². The third-order valence-electron chi connectivity index (χ3n) is 3.11. The van der Waals surface area contributed by atoms with Gasteiger partial charge in [-0.25, -0.2) is 9.59 Å². The summed E-state index contributed by atoms with van der Waals surface area (Å²) in [4.78, 5) is 25.1. The normalized spacial score (nSPS) is 10.9. The molecule has 1 aromatic carbocycles. The number of rotatable bonds is 8. The third-order valence-corrected chi connectivity index (χ3v) is 3.11. The first-order chi connectivity index (χ1) is 11.8. The van der Waals surface area contributed by atoms with Crippen molar-refractivity contribution in [1.82, 2.24) is 10.2 Å². The van der Waals surface area contributed by atoms with Gasteiger partial charge in [-0.3, -0.25) is 0 Å². The lowest BCUT2D eigenvalue weighted by Gasteiger charge is -2.27. The summed E-state index contributed by atoms with van der Waals surface area (Å²) >= 11 is 0. The number of carbonyl (C=O) groups is 2. The fourth-order valence-corrected chi connectivity index (χ4v) is 1.98. The van der Waals surface area contributed by atoms with Crippen molar-refractivity contribution in [2.75, 3.05) is 26.2 Å². The van der Waals surface area contributed by atoms with E-state index in [0.29, 0.717) is 19.5 Å². The van der Waals surface area contributed by atoms with E-state index < -0.39 is 17.8 Å². The van der Waals surface area contributed by atoms with E-state index >= 15 is 0 Å². The summed E-state index contributed by atoms with van der Waals surface area (Å²) in [5, 5.41) is 11.7. The molecule has 0 fully saturated rings. The third kappa shape index (κ3) is 9.56. The number of benzene rings is 1. The number of amides is 2. The summed E-state index contributed by atoms with van der Waals surface area (Å²) in [5.41, 5.74) is 0.321. The number of aliphatic hydroxyl groups is 1. The molecule has 7 nitrogen and oxygen atoms in total. The summed E-state index contributed by atoms with van der Waals surface area (Å²) in [6, 6.07) is 9.40. The average molecular weight is 352 g/mol. The largest absolute Gasteiger partial charge is 0.445 e. The molecule has 7 heteroatoms. The molecule has 0 saturated heterocycles. The van der Waals surface area contributed by atoms with E-state index in [2.05, 4.69) is 5.32 Å². The summed E-state index contributed by atoms with van der Waals surface area (Å²) in [7, 11) is 0. The van der Waals surface area contributed by atoms with Gasteiger partial charge in [0.2, 0.25) is 0 Å². The SMILES string of the molecule is CC(C)(C)OC(=O)N(CCO)CCCNC(=O)OCc1ccccc1. The Kier molecular flexibility index (Phi) is 8.77. The van der Waals surface area contributed by atoms with Crippen molar-refractivity contribution < 1.29 is 24.2 Å². The van der Waals surface area contributed by atoms with Crippen LogP contribution in [0.3, 0.4) is 0 Å². The van der Waals surface area contributed by atoms with E-state index in [1.54, 1.807) is 20.8 Å². The van der Waals surface area contributed by atoms with Crippen LogP contribution < -0.4 is 5.32 Å². The van der Waals surface area contributed by atoms with Crippen LogP contribution in [0.15, 0.2) is 30.3 Å². The predicted molar refractivity (Wildman–Crippen MR) is 94.1 cm³/mol. The Labute approximate surface area is 148 Å². The van der Waals surface area contributed by atoms with Crippen LogP contribution in [0.1, 0.15) is 32.8 Å². The molecule has 25 heavy (non-hydrogen) atoms.